The van der Waals surface area contributed by atoms with Gasteiger partial charge in [-0.25, -0.2) is 0 Å². The fraction of sp³-hybridized carbons (Fsp3) is 1.00. The Morgan fingerprint density at radius 2 is 2.17 bits per heavy atom. The topological polar surface area (TPSA) is 0 Å². The van der Waals surface area contributed by atoms with Gasteiger partial charge in [-0.2, -0.15) is 0 Å². The summed E-state index contributed by atoms with van der Waals surface area (Å²) in [5.41, 5.74) is 0. The van der Waals surface area contributed by atoms with E-state index in [0.717, 1.165) is 6.32 Å². The van der Waals surface area contributed by atoms with Crippen LogP contribution in [0.3, 0.4) is 0 Å². The summed E-state index contributed by atoms with van der Waals surface area (Å²) in [7, 11) is 8.42. The van der Waals surface area contributed by atoms with Gasteiger partial charge in [-0.3, -0.25) is 4.70 Å². The Balaban J connectivity index is 0. The summed E-state index contributed by atoms with van der Waals surface area (Å²) in [5.74, 6) is 0. The lowest BCUT2D eigenvalue weighted by atomic mass is 9.27. The lowest BCUT2D eigenvalue weighted by Gasteiger charge is -1.74. The molecule has 0 heterocycles. The second-order valence-electron chi connectivity index (χ2n) is 0.836. The van der Waals surface area contributed by atoms with Crippen LogP contribution in [-0.4, -0.2) is 22.0 Å². The molecule has 0 amide bonds. The normalized spacial score (nSPS) is 5.50. The largest absolute Gasteiger partial charge is 0.269 e. The van der Waals surface area contributed by atoms with Crippen LogP contribution in [-0.2, 0) is 0 Å². The van der Waals surface area contributed by atoms with E-state index in [4.69, 9.17) is 7.74 Å². The molecule has 4 heteroatoms. The fourth-order valence-corrected chi connectivity index (χ4v) is 0.136. The first-order valence-electron chi connectivity index (χ1n) is 1.78. The van der Waals surface area contributed by atoms with Gasteiger partial charge in [0, 0.05) is 14.8 Å². The second kappa shape index (κ2) is 8.93. The smallest absolute Gasteiger partial charge is 0.0541 e. The summed E-state index contributed by atoms with van der Waals surface area (Å²) in [6.45, 7) is 2.04. The average Bonchev–Trinajstić information content (AvgIpc) is 1.41. The highest BCUT2D eigenvalue weighted by atomic mass is 19.0. The molecule has 30 valence electrons. The fourth-order valence-electron chi connectivity index (χ4n) is 0.136. The first kappa shape index (κ1) is 9.45. The molecule has 0 aliphatic rings. The van der Waals surface area contributed by atoms with Gasteiger partial charge in [0.05, 0.1) is 7.17 Å². The summed E-state index contributed by atoms with van der Waals surface area (Å²) in [5, 5.41) is 0. The maximum atomic E-state index is 4.96. The quantitative estimate of drug-likeness (QED) is 0.410. The molecule has 0 aliphatic carbocycles. The van der Waals surface area contributed by atoms with Crippen LogP contribution < -0.4 is 0 Å². The standard InChI is InChI=1S/C2H5B3.FH/c1-2-4-5-3;/h2H2,1H3;1H. The van der Waals surface area contributed by atoms with E-state index in [2.05, 4.69) is 0 Å². The first-order valence-corrected chi connectivity index (χ1v) is 1.78. The Morgan fingerprint density at radius 3 is 2.17 bits per heavy atom. The average molecular weight is 81.5 g/mol. The van der Waals surface area contributed by atoms with Gasteiger partial charge in [-0.1, -0.05) is 13.2 Å². The predicted molar refractivity (Wildman–Crippen MR) is 30.2 cm³/mol. The van der Waals surface area contributed by atoms with Crippen LogP contribution in [0.5, 0.6) is 0 Å². The SMILES string of the molecule is F.[B][B][B]CC. The van der Waals surface area contributed by atoms with Gasteiger partial charge in [0.1, 0.15) is 0 Å². The number of hydrogen-bond donors (Lipinski definition) is 0. The van der Waals surface area contributed by atoms with Crippen molar-refractivity contribution in [2.24, 2.45) is 0 Å². The lowest BCUT2D eigenvalue weighted by molar-refractivity contribution is 1.11. The molecule has 0 aromatic heterocycles. The van der Waals surface area contributed by atoms with Crippen molar-refractivity contribution in [3.63, 3.8) is 0 Å². The van der Waals surface area contributed by atoms with E-state index in [1.807, 2.05) is 14.1 Å². The maximum absolute atomic E-state index is 4.96. The molecule has 0 aromatic carbocycles. The minimum Gasteiger partial charge on any atom is -0.269 e. The molecule has 0 aliphatic heterocycles. The molecule has 0 saturated carbocycles. The third-order valence-electron chi connectivity index (χ3n) is 0.372. The van der Waals surface area contributed by atoms with Crippen LogP contribution in [0.1, 0.15) is 6.92 Å². The molecule has 0 spiro atoms. The van der Waals surface area contributed by atoms with Gasteiger partial charge in [0.15, 0.2) is 0 Å². The van der Waals surface area contributed by atoms with Crippen LogP contribution in [0.15, 0.2) is 0 Å². The highest BCUT2D eigenvalue weighted by molar-refractivity contribution is 7.23. The molecule has 0 N–H and O–H groups in total. The van der Waals surface area contributed by atoms with E-state index < -0.39 is 0 Å². The Morgan fingerprint density at radius 1 is 1.67 bits per heavy atom. The van der Waals surface area contributed by atoms with Crippen molar-refractivity contribution in [2.45, 2.75) is 13.2 Å². The Hall–Kier alpha value is 0.125. The van der Waals surface area contributed by atoms with Gasteiger partial charge in [0.2, 0.25) is 0 Å². The minimum atomic E-state index is 0. The van der Waals surface area contributed by atoms with Crippen LogP contribution in [0, 0.1) is 0 Å². The summed E-state index contributed by atoms with van der Waals surface area (Å²) in [6.07, 6.45) is 1.04. The molecular formula is C2H6B3F. The third-order valence-corrected chi connectivity index (χ3v) is 0.372. The van der Waals surface area contributed by atoms with Crippen molar-refractivity contribution in [1.82, 2.24) is 0 Å². The zero-order valence-electron chi connectivity index (χ0n) is 3.85. The predicted octanol–water partition coefficient (Wildman–Crippen LogP) is -0.0160. The number of halogens is 1. The van der Waals surface area contributed by atoms with Crippen LogP contribution >= 0.6 is 0 Å². The van der Waals surface area contributed by atoms with Gasteiger partial charge in [0.25, 0.3) is 0 Å². The molecule has 0 saturated heterocycles. The molecule has 4 radical (unpaired) electrons. The Bertz CT molecular complexity index is 16.3. The van der Waals surface area contributed by atoms with E-state index in [1.54, 1.807) is 7.06 Å². The Labute approximate surface area is 40.9 Å². The van der Waals surface area contributed by atoms with Gasteiger partial charge in [-0.15, -0.1) is 0 Å². The van der Waals surface area contributed by atoms with Crippen LogP contribution in [0.4, 0.5) is 4.70 Å². The zero-order valence-corrected chi connectivity index (χ0v) is 3.85. The van der Waals surface area contributed by atoms with Crippen molar-refractivity contribution in [3.8, 4) is 0 Å². The molecule has 0 atom stereocenters. The Kier molecular flexibility index (Phi) is 14.1. The van der Waals surface area contributed by atoms with Gasteiger partial charge < -0.3 is 0 Å². The van der Waals surface area contributed by atoms with Crippen molar-refractivity contribution < 1.29 is 4.70 Å². The van der Waals surface area contributed by atoms with Gasteiger partial charge in [-0.05, 0) is 0 Å². The van der Waals surface area contributed by atoms with Crippen molar-refractivity contribution in [3.05, 3.63) is 0 Å². The molecule has 0 nitrogen and oxygen atoms in total. The zero-order chi connectivity index (χ0) is 4.12. The highest BCUT2D eigenvalue weighted by Gasteiger charge is 1.73. The van der Waals surface area contributed by atoms with Crippen molar-refractivity contribution in [1.29, 1.82) is 0 Å². The third kappa shape index (κ3) is 8.92. The first-order chi connectivity index (χ1) is 2.41. The van der Waals surface area contributed by atoms with Crippen molar-refractivity contribution >= 4 is 22.0 Å². The monoisotopic (exact) mass is 82.1 g/mol. The summed E-state index contributed by atoms with van der Waals surface area (Å²) < 4.78 is 0. The van der Waals surface area contributed by atoms with E-state index in [9.17, 15) is 0 Å². The number of rotatable bonds is 2. The second-order valence-corrected chi connectivity index (χ2v) is 0.836. The van der Waals surface area contributed by atoms with Crippen molar-refractivity contribution in [2.75, 3.05) is 0 Å². The molecule has 0 bridgehead atoms. The minimum absolute atomic E-state index is 0. The molecule has 0 rings (SSSR count). The summed E-state index contributed by atoms with van der Waals surface area (Å²) >= 11 is 0. The molecule has 0 fully saturated rings. The molecule has 0 unspecified atom stereocenters. The molecule has 0 aromatic rings. The van der Waals surface area contributed by atoms with E-state index in [-0.39, 0.29) is 4.70 Å². The van der Waals surface area contributed by atoms with E-state index >= 15 is 0 Å². The summed E-state index contributed by atoms with van der Waals surface area (Å²) in [4.78, 5) is 0. The molecular weight excluding hydrogens is 75.5 g/mol. The maximum Gasteiger partial charge on any atom is 0.0541 e. The lowest BCUT2D eigenvalue weighted by Crippen LogP contribution is -1.98. The van der Waals surface area contributed by atoms with E-state index in [1.165, 1.54) is 0 Å². The van der Waals surface area contributed by atoms with Crippen LogP contribution in [0.25, 0.3) is 0 Å². The van der Waals surface area contributed by atoms with E-state index in [0.29, 0.717) is 0 Å². The van der Waals surface area contributed by atoms with Gasteiger partial charge >= 0.3 is 0 Å². The number of hydrogen-bond acceptors (Lipinski definition) is 0. The van der Waals surface area contributed by atoms with Crippen LogP contribution in [0.2, 0.25) is 6.32 Å². The summed E-state index contributed by atoms with van der Waals surface area (Å²) in [6, 6.07) is 0. The molecule has 6 heavy (non-hydrogen) atoms. The highest BCUT2D eigenvalue weighted by Crippen LogP contribution is 1.63.